The molecule has 0 aromatic heterocycles. The number of methoxy groups -OCH3 is 2. The molecule has 2 N–H and O–H groups in total. The molecule has 137 heavy (non-hydrogen) atoms. The van der Waals surface area contributed by atoms with Crippen LogP contribution in [0.2, 0.25) is 0 Å². The second-order valence-corrected chi connectivity index (χ2v) is 55.3. The fourth-order valence-electron chi connectivity index (χ4n) is 36.3. The number of fused-ring (bicyclic) bond motifs is 21. The van der Waals surface area contributed by atoms with Gasteiger partial charge in [-0.25, -0.2) is 4.79 Å². The van der Waals surface area contributed by atoms with Gasteiger partial charge in [-0.1, -0.05) is 52.7 Å². The lowest BCUT2D eigenvalue weighted by Crippen LogP contribution is -2.54. The Kier molecular flexibility index (Phi) is 31.0. The minimum Gasteiger partial charge on any atom is -0.512 e. The van der Waals surface area contributed by atoms with Gasteiger partial charge in [0.2, 0.25) is 0 Å². The van der Waals surface area contributed by atoms with Crippen molar-refractivity contribution in [3.05, 3.63) is 34.6 Å². The van der Waals surface area contributed by atoms with Gasteiger partial charge in [0.05, 0.1) is 72.7 Å². The van der Waals surface area contributed by atoms with Crippen LogP contribution >= 0.6 is 0 Å². The van der Waals surface area contributed by atoms with Crippen LogP contribution in [0.25, 0.3) is 0 Å². The molecule has 18 fully saturated rings. The molecule has 0 radical (unpaired) electrons. The van der Waals surface area contributed by atoms with Crippen LogP contribution in [-0.2, 0) is 71.6 Å². The van der Waals surface area contributed by atoms with Crippen molar-refractivity contribution in [2.24, 2.45) is 168 Å². The number of ketones is 7. The average Bonchev–Trinajstić information content (AvgIpc) is 1.62. The monoisotopic (exact) mass is 1900 g/mol. The minimum absolute atomic E-state index is 0.0104. The molecule has 21 rings (SSSR count). The Balaban J connectivity index is 0.000000120. The van der Waals surface area contributed by atoms with E-state index in [4.69, 9.17) is 28.4 Å². The normalized spacial score (nSPS) is 44.7. The quantitative estimate of drug-likeness (QED) is 0.161. The molecule has 0 amide bonds. The second kappa shape index (κ2) is 40.4. The molecule has 21 aliphatic carbocycles. The first-order valence-electron chi connectivity index (χ1n) is 56.3. The van der Waals surface area contributed by atoms with Crippen LogP contribution in [0, 0.1) is 168 Å². The van der Waals surface area contributed by atoms with E-state index in [2.05, 4.69) is 125 Å². The van der Waals surface area contributed by atoms with Gasteiger partial charge in [-0.15, -0.1) is 0 Å². The van der Waals surface area contributed by atoms with E-state index in [9.17, 15) is 53.4 Å². The third-order valence-electron chi connectivity index (χ3n) is 43.2. The van der Waals surface area contributed by atoms with Gasteiger partial charge < -0.3 is 43.4 Å². The van der Waals surface area contributed by atoms with Crippen LogP contribution in [0.15, 0.2) is 34.6 Å². The molecular weight excluding hydrogens is 1710 g/mol. The number of rotatable bonds is 9. The largest absolute Gasteiger partial charge is 0.512 e. The number of ether oxygens (including phenoxy) is 6. The number of esters is 2. The van der Waals surface area contributed by atoms with Gasteiger partial charge in [0.25, 0.3) is 0 Å². The Morgan fingerprint density at radius 1 is 0.365 bits per heavy atom. The van der Waals surface area contributed by atoms with Crippen molar-refractivity contribution in [3.63, 3.8) is 0 Å². The highest BCUT2D eigenvalue weighted by Crippen LogP contribution is 2.69. The molecule has 17 heteroatoms. The fourth-order valence-corrected chi connectivity index (χ4v) is 36.3. The summed E-state index contributed by atoms with van der Waals surface area (Å²) in [5.41, 5.74) is 3.13. The highest BCUT2D eigenvalue weighted by Gasteiger charge is 2.66. The van der Waals surface area contributed by atoms with E-state index < -0.39 is 11.4 Å². The molecule has 34 atom stereocenters. The highest BCUT2D eigenvalue weighted by molar-refractivity contribution is 6.05. The molecule has 21 aliphatic rings. The smallest absolute Gasteiger partial charge is 0.337 e. The standard InChI is InChI=1S/C24H38O5.C22H34O2.C20H32O4.2C18H26O2.C18H30O2/c1-15(25)9-12-24(21(27)28-6)14-17-16(13-19(24)26)10-11-23(5)18(17)7-8-20(23)29-22(2,3)4;1-21(2,3)24-20-8-7-19-18-13-14-5-6-17(23)12-16(14)11-15(18)9-10-22(19,20)4;1-19(2,3)24-17-7-6-15-13-11-14(18(22)23-5)16(21)10-12(13)8-9-20(15,17)4;2*1-18-7-6-12-8-13-9-14(19)3-2-11(13)10-15(12)16(18)4-5-17(18)20;1-17(2,3)20-16-8-7-15-14-6-5-13(19)11-12(14)9-10-18(15,16)4/h16-18,20H,7-14H2,1-6H3;12,14-15,18-20H,5-11,13H2,1-4H3;12-13,15,17,21H,6-11H2,1-5H3;11-13,15-16H,2-10H2,1H3;9,11-12,15-17,20H,2-8,10H2,1H3;12,14-16H,5-11H2,1-4H3/t16-,17-,18+,20+,23+,24?;14-,15+,18+,19-,20-,22-;12-,13-,15+,17+,20+;11-,12+,13+,15+,16-,18-;11-,12+,15+,16-,17-,18-;12-,14-,15+,16+,18+/m101001/s1. The zero-order valence-electron chi connectivity index (χ0n) is 89.3. The molecule has 17 nitrogen and oxygen atoms in total. The van der Waals surface area contributed by atoms with Gasteiger partial charge in [-0.2, -0.15) is 0 Å². The van der Waals surface area contributed by atoms with Gasteiger partial charge in [-0.3, -0.25) is 33.6 Å². The van der Waals surface area contributed by atoms with E-state index in [0.717, 1.165) is 206 Å². The summed E-state index contributed by atoms with van der Waals surface area (Å²) in [4.78, 5) is 109. The lowest BCUT2D eigenvalue weighted by Gasteiger charge is -2.53. The number of hydrogen-bond donors (Lipinski definition) is 2. The summed E-state index contributed by atoms with van der Waals surface area (Å²) in [5, 5.41) is 20.7. The second-order valence-electron chi connectivity index (χ2n) is 55.3. The lowest BCUT2D eigenvalue weighted by molar-refractivity contribution is -0.170. The van der Waals surface area contributed by atoms with E-state index in [-0.39, 0.29) is 92.4 Å². The van der Waals surface area contributed by atoms with Crippen molar-refractivity contribution in [2.75, 3.05) is 14.2 Å². The van der Waals surface area contributed by atoms with E-state index in [1.807, 2.05) is 12.2 Å². The molecule has 0 bridgehead atoms. The molecule has 0 spiro atoms. The Hall–Kier alpha value is -4.55. The SMILES string of the molecule is CC(C)(C)O[C@H]1CC[C@H]2[C@@H]3CCC(=O)C[C@H]3CC[C@]12C.CC(C)(C)O[C@H]1CC[C@H]2[C@@H]3C[C@@H]4CCC(=O)C=C4C[C@H]3CC[C@]12C.COC(=O)C1(CCC(C)=O)C[C@@H]2[C@H](CC[C@]3(C)[C@@H](OC(C)(C)C)CC[C@@H]23)CC1=O.COC(=O)C1=C(O)C[C@H]2CC[C@]3(C)[C@@H](OC(C)(C)C)CC[C@H]3[C@@H]2C1.C[C@]12CC[C@@H]3CC4=CC(=O)CC[C@H]4C[C@H]3[C@@H]1CC[C@@H]2O.C[C@]12CC[C@@H]3C[C@@H]4CC(=O)CC[C@H]4C[C@H]3[C@@H]1CCC2=O. The van der Waals surface area contributed by atoms with Gasteiger partial charge in [0, 0.05) is 69.6 Å². The van der Waals surface area contributed by atoms with Gasteiger partial charge in [0.15, 0.2) is 11.6 Å². The first-order valence-corrected chi connectivity index (χ1v) is 56.3. The summed E-state index contributed by atoms with van der Waals surface area (Å²) in [6.45, 7) is 41.7. The maximum atomic E-state index is 13.2. The number of carbonyl (C=O) groups excluding carboxylic acids is 9. The lowest BCUT2D eigenvalue weighted by atomic mass is 9.51. The third-order valence-corrected chi connectivity index (χ3v) is 43.2. The first-order chi connectivity index (χ1) is 64.3. The number of carbonyl (C=O) groups is 9. The van der Waals surface area contributed by atoms with Crippen LogP contribution in [0.5, 0.6) is 0 Å². The number of aliphatic hydroxyl groups excluding tert-OH is 2. The first kappa shape index (κ1) is 105. The van der Waals surface area contributed by atoms with Gasteiger partial charge in [-0.05, 0) is 491 Å². The summed E-state index contributed by atoms with van der Waals surface area (Å²) < 4.78 is 35.8. The van der Waals surface area contributed by atoms with Crippen molar-refractivity contribution in [2.45, 2.75) is 480 Å². The van der Waals surface area contributed by atoms with Crippen LogP contribution < -0.4 is 0 Å². The average molecular weight is 1900 g/mol. The number of hydrogen-bond acceptors (Lipinski definition) is 17. The summed E-state index contributed by atoms with van der Waals surface area (Å²) in [6.07, 6.45) is 53.1. The molecule has 0 saturated heterocycles. The van der Waals surface area contributed by atoms with Crippen molar-refractivity contribution >= 4 is 52.4 Å². The maximum absolute atomic E-state index is 13.2. The topological polar surface area (TPSA) is 249 Å². The summed E-state index contributed by atoms with van der Waals surface area (Å²) >= 11 is 0. The Morgan fingerprint density at radius 3 is 1.25 bits per heavy atom. The molecule has 0 aromatic carbocycles. The summed E-state index contributed by atoms with van der Waals surface area (Å²) in [7, 11) is 2.74. The van der Waals surface area contributed by atoms with Gasteiger partial charge >= 0.3 is 11.9 Å². The predicted octanol–water partition coefficient (Wildman–Crippen LogP) is 25.8. The highest BCUT2D eigenvalue weighted by atomic mass is 16.5. The van der Waals surface area contributed by atoms with Crippen molar-refractivity contribution in [1.29, 1.82) is 0 Å². The summed E-state index contributed by atoms with van der Waals surface area (Å²) in [5.74, 6) is 16.6. The molecule has 18 saturated carbocycles. The molecule has 768 valence electrons. The van der Waals surface area contributed by atoms with E-state index in [1.165, 1.54) is 148 Å². The molecule has 0 heterocycles. The van der Waals surface area contributed by atoms with Crippen LogP contribution in [0.3, 0.4) is 0 Å². The maximum Gasteiger partial charge on any atom is 0.337 e. The van der Waals surface area contributed by atoms with E-state index in [1.54, 1.807) is 0 Å². The van der Waals surface area contributed by atoms with Crippen LogP contribution in [0.4, 0.5) is 0 Å². The fraction of sp³-hybridized carbons (Fsp3) is 0.875. The molecular formula is C120H186O17. The summed E-state index contributed by atoms with van der Waals surface area (Å²) in [6, 6.07) is 0. The van der Waals surface area contributed by atoms with E-state index in [0.29, 0.717) is 154 Å². The van der Waals surface area contributed by atoms with E-state index >= 15 is 0 Å². The number of Topliss-reactive ketones (excluding diaryl/α,β-unsaturated/α-hetero) is 5. The third kappa shape index (κ3) is 21.5. The van der Waals surface area contributed by atoms with Crippen molar-refractivity contribution in [1.82, 2.24) is 0 Å². The Labute approximate surface area is 826 Å². The van der Waals surface area contributed by atoms with Crippen LogP contribution in [-0.4, -0.2) is 130 Å². The van der Waals surface area contributed by atoms with Crippen molar-refractivity contribution in [3.8, 4) is 0 Å². The molecule has 0 aromatic rings. The predicted molar refractivity (Wildman–Crippen MR) is 535 cm³/mol. The Morgan fingerprint density at radius 2 is 0.774 bits per heavy atom. The molecule has 0 aliphatic heterocycles. The number of allylic oxidation sites excluding steroid dienone is 5. The minimum atomic E-state index is -1.15. The molecule has 1 unspecified atom stereocenters. The number of aliphatic hydroxyl groups is 2. The van der Waals surface area contributed by atoms with Gasteiger partial charge in [0.1, 0.15) is 40.1 Å². The Bertz CT molecular complexity index is 4530. The zero-order valence-corrected chi connectivity index (χ0v) is 89.3. The van der Waals surface area contributed by atoms with Crippen molar-refractivity contribution < 1.29 is 81.8 Å². The van der Waals surface area contributed by atoms with Crippen LogP contribution in [0.1, 0.15) is 427 Å². The zero-order chi connectivity index (χ0) is 98.8.